The lowest BCUT2D eigenvalue weighted by atomic mass is 10.1. The highest BCUT2D eigenvalue weighted by Gasteiger charge is 2.16. The van der Waals surface area contributed by atoms with Crippen LogP contribution in [0.2, 0.25) is 0 Å². The van der Waals surface area contributed by atoms with Crippen molar-refractivity contribution < 1.29 is 13.2 Å². The standard InChI is InChI=1S/C20H21N3O3S.C2H6/c1-4-27(24,25)22-15-10-8-14(9-11-15)20-18(13-21)17-7-5-6-16(26-3)12-19(17)23(20)2;1-2/h6-12,22H,4-5H2,1-3H3;1-2H3. The first-order chi connectivity index (χ1) is 13.9. The minimum absolute atomic E-state index is 0.0128. The lowest BCUT2D eigenvalue weighted by Gasteiger charge is -2.09. The van der Waals surface area contributed by atoms with Gasteiger partial charge in [-0.25, -0.2) is 8.42 Å². The van der Waals surface area contributed by atoms with Crippen molar-refractivity contribution in [2.75, 3.05) is 17.6 Å². The van der Waals surface area contributed by atoms with Crippen molar-refractivity contribution in [3.05, 3.63) is 52.2 Å². The Balaban J connectivity index is 0.00000145. The molecule has 0 atom stereocenters. The lowest BCUT2D eigenvalue weighted by molar-refractivity contribution is 0.312. The molecule has 0 aliphatic heterocycles. The molecule has 0 spiro atoms. The Kier molecular flexibility index (Phi) is 7.29. The number of nitrogens with one attached hydrogen (secondary N) is 1. The molecule has 29 heavy (non-hydrogen) atoms. The van der Waals surface area contributed by atoms with Crippen molar-refractivity contribution >= 4 is 27.9 Å². The Morgan fingerprint density at radius 3 is 2.41 bits per heavy atom. The van der Waals surface area contributed by atoms with Crippen LogP contribution in [0.4, 0.5) is 5.69 Å². The molecular formula is C22H27N3O3S. The highest BCUT2D eigenvalue weighted by atomic mass is 32.2. The molecule has 1 aliphatic rings. The summed E-state index contributed by atoms with van der Waals surface area (Å²) in [5.41, 5.74) is 2.72. The maximum atomic E-state index is 11.7. The van der Waals surface area contributed by atoms with Crippen LogP contribution in [0.5, 0.6) is 0 Å². The number of rotatable bonds is 5. The van der Waals surface area contributed by atoms with Crippen LogP contribution >= 0.6 is 0 Å². The van der Waals surface area contributed by atoms with E-state index in [0.29, 0.717) is 17.7 Å². The summed E-state index contributed by atoms with van der Waals surface area (Å²) in [5, 5.41) is 11.6. The fourth-order valence-electron chi connectivity index (χ4n) is 3.13. The van der Waals surface area contributed by atoms with Gasteiger partial charge in [-0.15, -0.1) is 0 Å². The normalized spacial score (nSPS) is 12.6. The van der Waals surface area contributed by atoms with E-state index in [1.807, 2.05) is 55.8 Å². The average molecular weight is 414 g/mol. The molecule has 7 heteroatoms. The van der Waals surface area contributed by atoms with Gasteiger partial charge in [-0.2, -0.15) is 5.26 Å². The number of hydrogen-bond donors (Lipinski definition) is 1. The Morgan fingerprint density at radius 1 is 1.21 bits per heavy atom. The maximum absolute atomic E-state index is 11.7. The number of hydrogen-bond acceptors (Lipinski definition) is 4. The van der Waals surface area contributed by atoms with Gasteiger partial charge in [0, 0.05) is 24.0 Å². The molecule has 0 unspecified atom stereocenters. The third kappa shape index (κ3) is 4.72. The number of nitrogens with zero attached hydrogens (tertiary/aromatic N) is 2. The number of aromatic nitrogens is 1. The summed E-state index contributed by atoms with van der Waals surface area (Å²) in [5.74, 6) is 0.768. The third-order valence-corrected chi connectivity index (χ3v) is 5.86. The van der Waals surface area contributed by atoms with Crippen LogP contribution in [-0.2, 0) is 21.8 Å². The second kappa shape index (κ2) is 9.48. The van der Waals surface area contributed by atoms with Crippen molar-refractivity contribution in [3.63, 3.8) is 0 Å². The number of methoxy groups -OCH3 is 1. The van der Waals surface area contributed by atoms with Crippen molar-refractivity contribution in [2.24, 2.45) is 7.05 Å². The number of allylic oxidation sites excluding steroid dienone is 2. The van der Waals surface area contributed by atoms with E-state index < -0.39 is 10.0 Å². The van der Waals surface area contributed by atoms with Gasteiger partial charge in [0.25, 0.3) is 0 Å². The Morgan fingerprint density at radius 2 is 1.86 bits per heavy atom. The van der Waals surface area contributed by atoms with E-state index in [9.17, 15) is 13.7 Å². The Bertz CT molecular complexity index is 1170. The van der Waals surface area contributed by atoms with Gasteiger partial charge in [-0.05, 0) is 37.1 Å². The lowest BCUT2D eigenvalue weighted by Crippen LogP contribution is -2.28. The van der Waals surface area contributed by atoms with Crippen LogP contribution < -0.4 is 15.3 Å². The summed E-state index contributed by atoms with van der Waals surface area (Å²) < 4.78 is 33.3. The first-order valence-electron chi connectivity index (χ1n) is 9.56. The van der Waals surface area contributed by atoms with E-state index in [-0.39, 0.29) is 5.75 Å². The van der Waals surface area contributed by atoms with Crippen LogP contribution in [0, 0.1) is 11.3 Å². The summed E-state index contributed by atoms with van der Waals surface area (Å²) in [6, 6.07) is 9.36. The number of fused-ring (bicyclic) bond motifs is 1. The van der Waals surface area contributed by atoms with Gasteiger partial charge in [0.2, 0.25) is 10.0 Å². The average Bonchev–Trinajstić information content (AvgIpc) is 2.87. The molecule has 0 radical (unpaired) electrons. The summed E-state index contributed by atoms with van der Waals surface area (Å²) in [4.78, 5) is 0. The third-order valence-electron chi connectivity index (χ3n) is 4.56. The molecule has 1 N–H and O–H groups in total. The molecule has 2 aromatic rings. The van der Waals surface area contributed by atoms with Crippen molar-refractivity contribution in [3.8, 4) is 17.3 Å². The minimum Gasteiger partial charge on any atom is -0.497 e. The van der Waals surface area contributed by atoms with E-state index in [4.69, 9.17) is 4.74 Å². The summed E-state index contributed by atoms with van der Waals surface area (Å²) >= 11 is 0. The van der Waals surface area contributed by atoms with E-state index in [1.165, 1.54) is 0 Å². The predicted octanol–water partition coefficient (Wildman–Crippen LogP) is 2.85. The van der Waals surface area contributed by atoms with Crippen LogP contribution in [0.25, 0.3) is 23.4 Å². The Labute approximate surface area is 172 Å². The topological polar surface area (TPSA) is 84.1 Å². The fourth-order valence-corrected chi connectivity index (χ4v) is 3.77. The second-order valence-corrected chi connectivity index (χ2v) is 8.18. The SMILES string of the molecule is CC.CCS(=O)(=O)Nc1ccc(-c2c(C#N)c3c(n2C)=CC(OC)=CCC=3)cc1. The van der Waals surface area contributed by atoms with Crippen LogP contribution in [0.1, 0.15) is 32.8 Å². The summed E-state index contributed by atoms with van der Waals surface area (Å²) in [6.45, 7) is 5.59. The molecule has 3 rings (SSSR count). The van der Waals surface area contributed by atoms with E-state index in [0.717, 1.165) is 27.6 Å². The zero-order valence-corrected chi connectivity index (χ0v) is 18.3. The molecular weight excluding hydrogens is 386 g/mol. The fraction of sp³-hybridized carbons (Fsp3) is 0.318. The van der Waals surface area contributed by atoms with E-state index in [2.05, 4.69) is 10.8 Å². The van der Waals surface area contributed by atoms with Crippen LogP contribution in [-0.4, -0.2) is 25.8 Å². The number of sulfonamides is 1. The molecule has 1 aliphatic carbocycles. The molecule has 0 bridgehead atoms. The van der Waals surface area contributed by atoms with Gasteiger partial charge in [0.1, 0.15) is 11.8 Å². The van der Waals surface area contributed by atoms with Gasteiger partial charge in [0.05, 0.1) is 29.5 Å². The number of anilines is 1. The molecule has 1 aromatic carbocycles. The van der Waals surface area contributed by atoms with Gasteiger partial charge >= 0.3 is 0 Å². The zero-order valence-electron chi connectivity index (χ0n) is 17.5. The predicted molar refractivity (Wildman–Crippen MR) is 118 cm³/mol. The van der Waals surface area contributed by atoms with Gasteiger partial charge < -0.3 is 9.30 Å². The molecule has 0 saturated carbocycles. The van der Waals surface area contributed by atoms with Crippen molar-refractivity contribution in [1.29, 1.82) is 5.26 Å². The quantitative estimate of drug-likeness (QED) is 0.817. The van der Waals surface area contributed by atoms with Crippen LogP contribution in [0.15, 0.2) is 36.1 Å². The molecule has 0 fully saturated rings. The molecule has 1 heterocycles. The van der Waals surface area contributed by atoms with Crippen molar-refractivity contribution in [1.82, 2.24) is 4.57 Å². The molecule has 1 aromatic heterocycles. The number of ether oxygens (including phenoxy) is 1. The number of nitriles is 1. The maximum Gasteiger partial charge on any atom is 0.232 e. The monoisotopic (exact) mass is 413 g/mol. The summed E-state index contributed by atoms with van der Waals surface area (Å²) in [6.07, 6.45) is 6.59. The second-order valence-electron chi connectivity index (χ2n) is 6.17. The highest BCUT2D eigenvalue weighted by Crippen LogP contribution is 2.23. The largest absolute Gasteiger partial charge is 0.497 e. The highest BCUT2D eigenvalue weighted by molar-refractivity contribution is 7.92. The smallest absolute Gasteiger partial charge is 0.232 e. The van der Waals surface area contributed by atoms with Crippen LogP contribution in [0.3, 0.4) is 0 Å². The Hall–Kier alpha value is -2.98. The van der Waals surface area contributed by atoms with Gasteiger partial charge in [0.15, 0.2) is 0 Å². The van der Waals surface area contributed by atoms with Crippen molar-refractivity contribution in [2.45, 2.75) is 27.2 Å². The molecule has 6 nitrogen and oxygen atoms in total. The first kappa shape index (κ1) is 22.3. The van der Waals surface area contributed by atoms with Gasteiger partial charge in [-0.1, -0.05) is 32.1 Å². The molecule has 154 valence electrons. The summed E-state index contributed by atoms with van der Waals surface area (Å²) in [7, 11) is 0.208. The van der Waals surface area contributed by atoms with E-state index >= 15 is 0 Å². The number of benzene rings is 1. The zero-order chi connectivity index (χ0) is 21.6. The minimum atomic E-state index is -3.32. The molecule has 0 saturated heterocycles. The first-order valence-corrected chi connectivity index (χ1v) is 11.2. The van der Waals surface area contributed by atoms with Gasteiger partial charge in [-0.3, -0.25) is 4.72 Å². The van der Waals surface area contributed by atoms with E-state index in [1.54, 1.807) is 26.2 Å². The molecule has 0 amide bonds.